The summed E-state index contributed by atoms with van der Waals surface area (Å²) in [7, 11) is 0. The summed E-state index contributed by atoms with van der Waals surface area (Å²) in [5, 5.41) is 4.39. The quantitative estimate of drug-likeness (QED) is 0.663. The van der Waals surface area contributed by atoms with Gasteiger partial charge >= 0.3 is 0 Å². The SMILES string of the molecule is Fc1ccccc1CSC1=N[C@@H](c2ccccc2)[C@@H](c2ccccc2)N1. The van der Waals surface area contributed by atoms with Crippen molar-refractivity contribution in [2.24, 2.45) is 4.99 Å². The van der Waals surface area contributed by atoms with Gasteiger partial charge in [0.25, 0.3) is 0 Å². The third kappa shape index (κ3) is 3.65. The van der Waals surface area contributed by atoms with Gasteiger partial charge in [-0.2, -0.15) is 0 Å². The average molecular weight is 362 g/mol. The summed E-state index contributed by atoms with van der Waals surface area (Å²) in [5.41, 5.74) is 3.07. The Balaban J connectivity index is 1.57. The fraction of sp³-hybridized carbons (Fsp3) is 0.136. The molecule has 0 saturated carbocycles. The normalized spacial score (nSPS) is 19.0. The topological polar surface area (TPSA) is 24.4 Å². The highest BCUT2D eigenvalue weighted by atomic mass is 32.2. The first-order chi connectivity index (χ1) is 12.8. The number of hydrogen-bond donors (Lipinski definition) is 1. The van der Waals surface area contributed by atoms with Gasteiger partial charge < -0.3 is 5.32 Å². The van der Waals surface area contributed by atoms with E-state index in [-0.39, 0.29) is 17.9 Å². The minimum atomic E-state index is -0.169. The first-order valence-electron chi connectivity index (χ1n) is 8.62. The van der Waals surface area contributed by atoms with Crippen molar-refractivity contribution in [1.29, 1.82) is 0 Å². The Kier molecular flexibility index (Phi) is 5.02. The molecule has 3 aromatic carbocycles. The Morgan fingerprint density at radius 2 is 1.42 bits per heavy atom. The molecule has 4 heteroatoms. The summed E-state index contributed by atoms with van der Waals surface area (Å²) in [6, 6.07) is 27.7. The second-order valence-electron chi connectivity index (χ2n) is 6.20. The maximum absolute atomic E-state index is 13.9. The lowest BCUT2D eigenvalue weighted by Gasteiger charge is -2.19. The molecule has 1 aliphatic heterocycles. The van der Waals surface area contributed by atoms with E-state index in [1.165, 1.54) is 17.2 Å². The molecule has 0 fully saturated rings. The summed E-state index contributed by atoms with van der Waals surface area (Å²) in [6.45, 7) is 0. The van der Waals surface area contributed by atoms with Crippen molar-refractivity contribution in [2.45, 2.75) is 17.8 Å². The van der Waals surface area contributed by atoms with Crippen LogP contribution in [0.4, 0.5) is 4.39 Å². The minimum absolute atomic E-state index is 0.0155. The lowest BCUT2D eigenvalue weighted by Crippen LogP contribution is -2.22. The standard InChI is InChI=1S/C22H19FN2S/c23-19-14-8-7-13-18(19)15-26-22-24-20(16-9-3-1-4-10-16)21(25-22)17-11-5-2-6-12-17/h1-14,20-21H,15H2,(H,24,25)/t20-,21+. The zero-order valence-electron chi connectivity index (χ0n) is 14.2. The molecule has 0 saturated heterocycles. The fourth-order valence-electron chi connectivity index (χ4n) is 3.13. The van der Waals surface area contributed by atoms with E-state index >= 15 is 0 Å². The van der Waals surface area contributed by atoms with Crippen molar-refractivity contribution >= 4 is 16.9 Å². The Hall–Kier alpha value is -2.59. The van der Waals surface area contributed by atoms with E-state index in [1.54, 1.807) is 17.8 Å². The van der Waals surface area contributed by atoms with Crippen LogP contribution >= 0.6 is 11.8 Å². The van der Waals surface area contributed by atoms with Gasteiger partial charge in [-0.3, -0.25) is 4.99 Å². The molecule has 0 aromatic heterocycles. The maximum atomic E-state index is 13.9. The molecule has 0 bridgehead atoms. The number of rotatable bonds is 4. The van der Waals surface area contributed by atoms with Gasteiger partial charge in [0.1, 0.15) is 11.9 Å². The second kappa shape index (κ2) is 7.75. The monoisotopic (exact) mass is 362 g/mol. The Morgan fingerprint density at radius 3 is 2.12 bits per heavy atom. The van der Waals surface area contributed by atoms with Crippen LogP contribution in [-0.4, -0.2) is 5.17 Å². The lowest BCUT2D eigenvalue weighted by atomic mass is 9.95. The van der Waals surface area contributed by atoms with Crippen LogP contribution in [0.2, 0.25) is 0 Å². The third-order valence-electron chi connectivity index (χ3n) is 4.47. The molecule has 4 rings (SSSR count). The van der Waals surface area contributed by atoms with Crippen molar-refractivity contribution in [3.63, 3.8) is 0 Å². The molecular weight excluding hydrogens is 343 g/mol. The molecule has 1 N–H and O–H groups in total. The molecular formula is C22H19FN2S. The van der Waals surface area contributed by atoms with E-state index in [1.807, 2.05) is 48.5 Å². The van der Waals surface area contributed by atoms with E-state index < -0.39 is 0 Å². The van der Waals surface area contributed by atoms with Crippen LogP contribution in [0.15, 0.2) is 89.9 Å². The zero-order chi connectivity index (χ0) is 17.8. The van der Waals surface area contributed by atoms with Crippen LogP contribution in [-0.2, 0) is 5.75 Å². The Labute approximate surface area is 157 Å². The van der Waals surface area contributed by atoms with Gasteiger partial charge in [-0.1, -0.05) is 90.6 Å². The van der Waals surface area contributed by atoms with Gasteiger partial charge in [0, 0.05) is 5.75 Å². The van der Waals surface area contributed by atoms with Crippen LogP contribution in [0, 0.1) is 5.82 Å². The summed E-state index contributed by atoms with van der Waals surface area (Å²) in [6.07, 6.45) is 0. The van der Waals surface area contributed by atoms with E-state index in [9.17, 15) is 4.39 Å². The van der Waals surface area contributed by atoms with Crippen LogP contribution in [0.1, 0.15) is 28.8 Å². The first kappa shape index (κ1) is 16.9. The van der Waals surface area contributed by atoms with Gasteiger partial charge in [0.2, 0.25) is 0 Å². The molecule has 130 valence electrons. The van der Waals surface area contributed by atoms with Gasteiger partial charge in [-0.05, 0) is 22.8 Å². The van der Waals surface area contributed by atoms with Crippen LogP contribution < -0.4 is 5.32 Å². The van der Waals surface area contributed by atoms with Crippen molar-refractivity contribution < 1.29 is 4.39 Å². The van der Waals surface area contributed by atoms with Gasteiger partial charge in [-0.15, -0.1) is 0 Å². The Bertz CT molecular complexity index is 896. The molecule has 2 atom stereocenters. The molecule has 2 nitrogen and oxygen atoms in total. The van der Waals surface area contributed by atoms with Crippen LogP contribution in [0.5, 0.6) is 0 Å². The summed E-state index contributed by atoms with van der Waals surface area (Å²) in [4.78, 5) is 4.91. The maximum Gasteiger partial charge on any atom is 0.158 e. The fourth-order valence-corrected chi connectivity index (χ4v) is 4.06. The predicted molar refractivity (Wildman–Crippen MR) is 107 cm³/mol. The summed E-state index contributed by atoms with van der Waals surface area (Å²) < 4.78 is 13.9. The number of aliphatic imine (C=N–C) groups is 1. The summed E-state index contributed by atoms with van der Waals surface area (Å²) >= 11 is 1.55. The molecule has 1 heterocycles. The van der Waals surface area contributed by atoms with E-state index in [0.717, 1.165) is 5.17 Å². The number of benzene rings is 3. The second-order valence-corrected chi connectivity index (χ2v) is 7.17. The number of nitrogens with one attached hydrogen (secondary N) is 1. The highest BCUT2D eigenvalue weighted by Gasteiger charge is 2.31. The predicted octanol–water partition coefficient (Wildman–Crippen LogP) is 5.50. The molecule has 3 aromatic rings. The molecule has 0 spiro atoms. The summed E-state index contributed by atoms with van der Waals surface area (Å²) in [5.74, 6) is 0.388. The van der Waals surface area contributed by atoms with Gasteiger partial charge in [0.05, 0.1) is 6.04 Å². The number of thioether (sulfide) groups is 1. The molecule has 26 heavy (non-hydrogen) atoms. The number of nitrogens with zero attached hydrogens (tertiary/aromatic N) is 1. The number of halogens is 1. The smallest absolute Gasteiger partial charge is 0.158 e. The molecule has 0 amide bonds. The number of amidine groups is 1. The van der Waals surface area contributed by atoms with Gasteiger partial charge in [0.15, 0.2) is 5.17 Å². The number of hydrogen-bond acceptors (Lipinski definition) is 3. The third-order valence-corrected chi connectivity index (χ3v) is 5.43. The highest BCUT2D eigenvalue weighted by Crippen LogP contribution is 2.38. The molecule has 0 radical (unpaired) electrons. The largest absolute Gasteiger partial charge is 0.356 e. The zero-order valence-corrected chi connectivity index (χ0v) is 15.0. The van der Waals surface area contributed by atoms with Crippen LogP contribution in [0.3, 0.4) is 0 Å². The average Bonchev–Trinajstić information content (AvgIpc) is 3.13. The Morgan fingerprint density at radius 1 is 0.808 bits per heavy atom. The van der Waals surface area contributed by atoms with Crippen LogP contribution in [0.25, 0.3) is 0 Å². The lowest BCUT2D eigenvalue weighted by molar-refractivity contribution is 0.573. The molecule has 1 aliphatic rings. The van der Waals surface area contributed by atoms with E-state index in [4.69, 9.17) is 4.99 Å². The van der Waals surface area contributed by atoms with E-state index in [0.29, 0.717) is 11.3 Å². The molecule has 0 aliphatic carbocycles. The molecule has 0 unspecified atom stereocenters. The van der Waals surface area contributed by atoms with Crippen molar-refractivity contribution in [3.8, 4) is 0 Å². The van der Waals surface area contributed by atoms with Crippen molar-refractivity contribution in [3.05, 3.63) is 107 Å². The van der Waals surface area contributed by atoms with Crippen molar-refractivity contribution in [2.75, 3.05) is 0 Å². The minimum Gasteiger partial charge on any atom is -0.356 e. The highest BCUT2D eigenvalue weighted by molar-refractivity contribution is 8.13. The van der Waals surface area contributed by atoms with E-state index in [2.05, 4.69) is 29.6 Å². The first-order valence-corrected chi connectivity index (χ1v) is 9.60. The van der Waals surface area contributed by atoms with Gasteiger partial charge in [-0.25, -0.2) is 4.39 Å². The van der Waals surface area contributed by atoms with Crippen molar-refractivity contribution in [1.82, 2.24) is 5.32 Å².